The third-order valence-corrected chi connectivity index (χ3v) is 5.23. The van der Waals surface area contributed by atoms with E-state index in [1.54, 1.807) is 13.3 Å². The maximum atomic E-state index is 12.0. The van der Waals surface area contributed by atoms with Crippen LogP contribution in [0.2, 0.25) is 0 Å². The van der Waals surface area contributed by atoms with Gasteiger partial charge in [-0.2, -0.15) is 5.10 Å². The molecule has 1 amide bonds. The highest BCUT2D eigenvalue weighted by Gasteiger charge is 2.06. The van der Waals surface area contributed by atoms with Crippen molar-refractivity contribution in [3.05, 3.63) is 89.5 Å². The van der Waals surface area contributed by atoms with Crippen LogP contribution in [0, 0.1) is 6.92 Å². The van der Waals surface area contributed by atoms with Crippen LogP contribution in [-0.4, -0.2) is 25.0 Å². The van der Waals surface area contributed by atoms with E-state index in [0.717, 1.165) is 16.0 Å². The molecule has 0 aliphatic heterocycles. The Morgan fingerprint density at radius 2 is 1.80 bits per heavy atom. The van der Waals surface area contributed by atoms with Gasteiger partial charge >= 0.3 is 0 Å². The Hall–Kier alpha value is -3.25. The number of rotatable bonds is 9. The zero-order valence-electron chi connectivity index (χ0n) is 17.0. The van der Waals surface area contributed by atoms with Crippen LogP contribution in [0.15, 0.2) is 82.8 Å². The van der Waals surface area contributed by atoms with E-state index in [9.17, 15) is 4.79 Å². The van der Waals surface area contributed by atoms with Gasteiger partial charge in [-0.05, 0) is 48.4 Å². The number of hydrazone groups is 1. The van der Waals surface area contributed by atoms with Gasteiger partial charge in [0.1, 0.15) is 6.61 Å². The third-order valence-electron chi connectivity index (χ3n) is 4.22. The van der Waals surface area contributed by atoms with Gasteiger partial charge in [-0.1, -0.05) is 48.0 Å². The quantitative estimate of drug-likeness (QED) is 0.306. The molecular weight excluding hydrogens is 396 g/mol. The van der Waals surface area contributed by atoms with Crippen LogP contribution in [0.4, 0.5) is 0 Å². The van der Waals surface area contributed by atoms with Gasteiger partial charge in [-0.3, -0.25) is 4.79 Å². The second-order valence-electron chi connectivity index (χ2n) is 6.58. The Labute approximate surface area is 181 Å². The van der Waals surface area contributed by atoms with Gasteiger partial charge in [-0.25, -0.2) is 5.43 Å². The summed E-state index contributed by atoms with van der Waals surface area (Å²) in [6.07, 6.45) is 1.58. The smallest absolute Gasteiger partial charge is 0.250 e. The number of aryl methyl sites for hydroxylation is 1. The number of nitrogens with one attached hydrogen (secondary N) is 1. The maximum Gasteiger partial charge on any atom is 0.250 e. The molecule has 0 fully saturated rings. The summed E-state index contributed by atoms with van der Waals surface area (Å²) < 4.78 is 11.3. The van der Waals surface area contributed by atoms with Crippen LogP contribution in [0.1, 0.15) is 16.7 Å². The molecule has 5 nitrogen and oxygen atoms in total. The van der Waals surface area contributed by atoms with Crippen molar-refractivity contribution in [2.45, 2.75) is 18.4 Å². The molecule has 154 valence electrons. The highest BCUT2D eigenvalue weighted by molar-refractivity contribution is 8.00. The Morgan fingerprint density at radius 1 is 1.03 bits per heavy atom. The standard InChI is InChI=1S/C24H24N2O3S/c1-18-8-11-21(12-9-18)30-17-24(27)26-25-15-20-10-13-22(23(14-20)28-2)29-16-19-6-4-3-5-7-19/h3-15H,16-17H2,1-2H3,(H,26,27)/b25-15-. The molecular formula is C24H24N2O3S. The molecule has 6 heteroatoms. The SMILES string of the molecule is COc1cc(/C=N\NC(=O)CSc2ccc(C)cc2)ccc1OCc1ccccc1. The molecule has 0 radical (unpaired) electrons. The summed E-state index contributed by atoms with van der Waals surface area (Å²) in [5.74, 6) is 1.40. The van der Waals surface area contributed by atoms with Crippen LogP contribution in [0.25, 0.3) is 0 Å². The summed E-state index contributed by atoms with van der Waals surface area (Å²) in [5, 5.41) is 4.03. The summed E-state index contributed by atoms with van der Waals surface area (Å²) in [5.41, 5.74) is 5.62. The van der Waals surface area contributed by atoms with Crippen LogP contribution in [-0.2, 0) is 11.4 Å². The first kappa shape index (κ1) is 21.5. The van der Waals surface area contributed by atoms with Crippen molar-refractivity contribution in [2.24, 2.45) is 5.10 Å². The van der Waals surface area contributed by atoms with Gasteiger partial charge in [0.15, 0.2) is 11.5 Å². The number of nitrogens with zero attached hydrogens (tertiary/aromatic N) is 1. The normalized spacial score (nSPS) is 10.7. The van der Waals surface area contributed by atoms with Crippen molar-refractivity contribution in [3.63, 3.8) is 0 Å². The highest BCUT2D eigenvalue weighted by atomic mass is 32.2. The zero-order valence-corrected chi connectivity index (χ0v) is 17.8. The fraction of sp³-hybridized carbons (Fsp3) is 0.167. The number of benzene rings is 3. The van der Waals surface area contributed by atoms with Gasteiger partial charge in [-0.15, -0.1) is 11.8 Å². The number of carbonyl (C=O) groups excluding carboxylic acids is 1. The number of methoxy groups -OCH3 is 1. The maximum absolute atomic E-state index is 12.0. The van der Waals surface area contributed by atoms with E-state index in [-0.39, 0.29) is 5.91 Å². The van der Waals surface area contributed by atoms with E-state index in [2.05, 4.69) is 10.5 Å². The molecule has 0 aliphatic carbocycles. The topological polar surface area (TPSA) is 59.9 Å². The first-order valence-corrected chi connectivity index (χ1v) is 10.5. The number of carbonyl (C=O) groups is 1. The predicted molar refractivity (Wildman–Crippen MR) is 121 cm³/mol. The third kappa shape index (κ3) is 6.67. The van der Waals surface area contributed by atoms with E-state index in [1.807, 2.05) is 79.7 Å². The average molecular weight is 421 g/mol. The van der Waals surface area contributed by atoms with Gasteiger partial charge in [0.25, 0.3) is 0 Å². The minimum Gasteiger partial charge on any atom is -0.493 e. The molecule has 3 aromatic rings. The lowest BCUT2D eigenvalue weighted by Gasteiger charge is -2.11. The molecule has 30 heavy (non-hydrogen) atoms. The zero-order chi connectivity index (χ0) is 21.2. The minimum atomic E-state index is -0.161. The molecule has 3 rings (SSSR count). The van der Waals surface area contributed by atoms with Gasteiger partial charge in [0, 0.05) is 4.90 Å². The second-order valence-corrected chi connectivity index (χ2v) is 7.63. The summed E-state index contributed by atoms with van der Waals surface area (Å²) in [4.78, 5) is 13.0. The van der Waals surface area contributed by atoms with Crippen LogP contribution < -0.4 is 14.9 Å². The number of ether oxygens (including phenoxy) is 2. The molecule has 0 saturated carbocycles. The van der Waals surface area contributed by atoms with E-state index >= 15 is 0 Å². The van der Waals surface area contributed by atoms with Crippen molar-refractivity contribution in [2.75, 3.05) is 12.9 Å². The molecule has 3 aromatic carbocycles. The Morgan fingerprint density at radius 3 is 2.53 bits per heavy atom. The van der Waals surface area contributed by atoms with E-state index in [0.29, 0.717) is 23.9 Å². The van der Waals surface area contributed by atoms with Crippen LogP contribution in [0.3, 0.4) is 0 Å². The molecule has 0 aliphatic rings. The Kier molecular flexibility index (Phi) is 7.92. The fourth-order valence-electron chi connectivity index (χ4n) is 2.61. The second kappa shape index (κ2) is 11.1. The monoisotopic (exact) mass is 420 g/mol. The first-order valence-electron chi connectivity index (χ1n) is 9.50. The van der Waals surface area contributed by atoms with Crippen molar-refractivity contribution >= 4 is 23.9 Å². The fourth-order valence-corrected chi connectivity index (χ4v) is 3.30. The molecule has 1 N–H and O–H groups in total. The minimum absolute atomic E-state index is 0.161. The predicted octanol–water partition coefficient (Wildman–Crippen LogP) is 4.83. The van der Waals surface area contributed by atoms with Crippen molar-refractivity contribution in [3.8, 4) is 11.5 Å². The Balaban J connectivity index is 1.50. The first-order chi connectivity index (χ1) is 14.6. The molecule has 0 heterocycles. The number of hydrogen-bond donors (Lipinski definition) is 1. The van der Waals surface area contributed by atoms with Crippen LogP contribution in [0.5, 0.6) is 11.5 Å². The largest absolute Gasteiger partial charge is 0.493 e. The Bertz CT molecular complexity index is 989. The molecule has 0 aromatic heterocycles. The van der Waals surface area contributed by atoms with E-state index < -0.39 is 0 Å². The molecule has 0 saturated heterocycles. The summed E-state index contributed by atoms with van der Waals surface area (Å²) >= 11 is 1.47. The average Bonchev–Trinajstić information content (AvgIpc) is 2.78. The molecule has 0 spiro atoms. The summed E-state index contributed by atoms with van der Waals surface area (Å²) in [6, 6.07) is 23.5. The summed E-state index contributed by atoms with van der Waals surface area (Å²) in [7, 11) is 1.59. The number of amides is 1. The number of hydrogen-bond acceptors (Lipinski definition) is 5. The lowest BCUT2D eigenvalue weighted by Crippen LogP contribution is -2.19. The lowest BCUT2D eigenvalue weighted by molar-refractivity contribution is -0.118. The van der Waals surface area contributed by atoms with Gasteiger partial charge in [0.05, 0.1) is 19.1 Å². The van der Waals surface area contributed by atoms with Crippen LogP contribution >= 0.6 is 11.8 Å². The van der Waals surface area contributed by atoms with Gasteiger partial charge in [0.2, 0.25) is 5.91 Å². The van der Waals surface area contributed by atoms with Crippen molar-refractivity contribution in [1.82, 2.24) is 5.43 Å². The van der Waals surface area contributed by atoms with Gasteiger partial charge < -0.3 is 9.47 Å². The lowest BCUT2D eigenvalue weighted by atomic mass is 10.2. The summed E-state index contributed by atoms with van der Waals surface area (Å²) in [6.45, 7) is 2.49. The molecule has 0 bridgehead atoms. The highest BCUT2D eigenvalue weighted by Crippen LogP contribution is 2.28. The van der Waals surface area contributed by atoms with Crippen molar-refractivity contribution in [1.29, 1.82) is 0 Å². The molecule has 0 atom stereocenters. The van der Waals surface area contributed by atoms with E-state index in [4.69, 9.17) is 9.47 Å². The number of thioether (sulfide) groups is 1. The molecule has 0 unspecified atom stereocenters. The van der Waals surface area contributed by atoms with E-state index in [1.165, 1.54) is 17.3 Å². The van der Waals surface area contributed by atoms with Crippen molar-refractivity contribution < 1.29 is 14.3 Å².